The summed E-state index contributed by atoms with van der Waals surface area (Å²) in [6, 6.07) is 1.93. The number of hydrogen-bond donors (Lipinski definition) is 0. The fourth-order valence-corrected chi connectivity index (χ4v) is 4.52. The van der Waals surface area contributed by atoms with Crippen molar-refractivity contribution in [2.45, 2.75) is 32.6 Å². The molecule has 1 aliphatic rings. The molecule has 4 rings (SSSR count). The number of amides is 1. The summed E-state index contributed by atoms with van der Waals surface area (Å²) < 4.78 is 0. The van der Waals surface area contributed by atoms with Crippen LogP contribution in [0.3, 0.4) is 0 Å². The predicted molar refractivity (Wildman–Crippen MR) is 103 cm³/mol. The molecule has 0 N–H and O–H groups in total. The van der Waals surface area contributed by atoms with Crippen LogP contribution in [0.5, 0.6) is 0 Å². The Morgan fingerprint density at radius 3 is 2.63 bits per heavy atom. The molecule has 0 atom stereocenters. The number of likely N-dealkylation sites (tertiary alicyclic amines) is 1. The lowest BCUT2D eigenvalue weighted by atomic mass is 9.97. The summed E-state index contributed by atoms with van der Waals surface area (Å²) in [7, 11) is 0. The maximum absolute atomic E-state index is 12.5. The second-order valence-corrected chi connectivity index (χ2v) is 7.64. The first-order chi connectivity index (χ1) is 13.1. The molecule has 0 bridgehead atoms. The summed E-state index contributed by atoms with van der Waals surface area (Å²) in [6.45, 7) is 5.34. The largest absolute Gasteiger partial charge is 0.337 e. The van der Waals surface area contributed by atoms with E-state index in [0.717, 1.165) is 39.9 Å². The summed E-state index contributed by atoms with van der Waals surface area (Å²) >= 11 is 1.71. The predicted octanol–water partition coefficient (Wildman–Crippen LogP) is 3.03. The monoisotopic (exact) mass is 380 g/mol. The molecule has 1 fully saturated rings. The number of aromatic nitrogens is 5. The molecule has 8 heteroatoms. The zero-order valence-electron chi connectivity index (χ0n) is 15.3. The van der Waals surface area contributed by atoms with Crippen LogP contribution in [0.25, 0.3) is 10.6 Å². The topological polar surface area (TPSA) is 84.8 Å². The van der Waals surface area contributed by atoms with Gasteiger partial charge in [0.25, 0.3) is 5.91 Å². The molecule has 0 aliphatic carbocycles. The van der Waals surface area contributed by atoms with Gasteiger partial charge in [-0.15, -0.1) is 11.3 Å². The van der Waals surface area contributed by atoms with E-state index in [0.29, 0.717) is 24.7 Å². The smallest absolute Gasteiger partial charge is 0.274 e. The Bertz CT molecular complexity index is 950. The normalized spacial score (nSPS) is 15.1. The van der Waals surface area contributed by atoms with Crippen molar-refractivity contribution in [3.05, 3.63) is 53.1 Å². The Morgan fingerprint density at radius 2 is 1.93 bits per heavy atom. The highest BCUT2D eigenvalue weighted by Gasteiger charge is 2.27. The first-order valence-electron chi connectivity index (χ1n) is 8.94. The van der Waals surface area contributed by atoms with Crippen LogP contribution in [0.1, 0.15) is 45.8 Å². The summed E-state index contributed by atoms with van der Waals surface area (Å²) in [5.74, 6) is 1.09. The fraction of sp³-hybridized carbons (Fsp3) is 0.368. The van der Waals surface area contributed by atoms with Gasteiger partial charge in [-0.1, -0.05) is 0 Å². The van der Waals surface area contributed by atoms with E-state index < -0.39 is 0 Å². The van der Waals surface area contributed by atoms with E-state index in [-0.39, 0.29) is 5.91 Å². The SMILES string of the molecule is Cc1nccc(-c2sc(C3CCN(C(=O)c4cnccn4)CC3)nc2C)n1. The van der Waals surface area contributed by atoms with E-state index in [4.69, 9.17) is 4.98 Å². The standard InChI is InChI=1S/C19H20N6OS/c1-12-17(15-3-6-21-13(2)24-15)27-18(23-12)14-4-9-25(10-5-14)19(26)16-11-20-7-8-22-16/h3,6-8,11,14H,4-5,9-10H2,1-2H3. The molecule has 0 aromatic carbocycles. The lowest BCUT2D eigenvalue weighted by Gasteiger charge is -2.30. The molecule has 7 nitrogen and oxygen atoms in total. The highest BCUT2D eigenvalue weighted by molar-refractivity contribution is 7.15. The Labute approximate surface area is 161 Å². The zero-order chi connectivity index (χ0) is 18.8. The molecule has 4 heterocycles. The van der Waals surface area contributed by atoms with Gasteiger partial charge in [0.2, 0.25) is 0 Å². The number of nitrogens with zero attached hydrogens (tertiary/aromatic N) is 6. The maximum atomic E-state index is 12.5. The number of aryl methyl sites for hydroxylation is 2. The number of carbonyl (C=O) groups is 1. The van der Waals surface area contributed by atoms with Crippen molar-refractivity contribution in [1.29, 1.82) is 0 Å². The van der Waals surface area contributed by atoms with Gasteiger partial charge in [0.05, 0.1) is 27.5 Å². The molecule has 0 saturated carbocycles. The zero-order valence-corrected chi connectivity index (χ0v) is 16.1. The van der Waals surface area contributed by atoms with Crippen molar-refractivity contribution in [3.8, 4) is 10.6 Å². The second kappa shape index (κ2) is 7.48. The summed E-state index contributed by atoms with van der Waals surface area (Å²) in [5.41, 5.74) is 2.34. The Balaban J connectivity index is 1.46. The molecule has 0 spiro atoms. The summed E-state index contributed by atoms with van der Waals surface area (Å²) in [6.07, 6.45) is 8.24. The van der Waals surface area contributed by atoms with Gasteiger partial charge in [-0.05, 0) is 32.8 Å². The second-order valence-electron chi connectivity index (χ2n) is 6.61. The van der Waals surface area contributed by atoms with Gasteiger partial charge in [-0.25, -0.2) is 19.9 Å². The summed E-state index contributed by atoms with van der Waals surface area (Å²) in [4.78, 5) is 37.1. The highest BCUT2D eigenvalue weighted by atomic mass is 32.1. The lowest BCUT2D eigenvalue weighted by Crippen LogP contribution is -2.38. The van der Waals surface area contributed by atoms with Crippen LogP contribution < -0.4 is 0 Å². The van der Waals surface area contributed by atoms with Crippen molar-refractivity contribution in [2.75, 3.05) is 13.1 Å². The van der Waals surface area contributed by atoms with Gasteiger partial charge in [-0.3, -0.25) is 9.78 Å². The first kappa shape index (κ1) is 17.7. The van der Waals surface area contributed by atoms with Gasteiger partial charge in [-0.2, -0.15) is 0 Å². The van der Waals surface area contributed by atoms with Crippen molar-refractivity contribution >= 4 is 17.2 Å². The average Bonchev–Trinajstić information content (AvgIpc) is 3.10. The van der Waals surface area contributed by atoms with Crippen LogP contribution in [0, 0.1) is 13.8 Å². The number of piperidine rings is 1. The molecule has 1 aliphatic heterocycles. The minimum Gasteiger partial charge on any atom is -0.337 e. The Hall–Kier alpha value is -2.74. The van der Waals surface area contributed by atoms with Crippen molar-refractivity contribution in [1.82, 2.24) is 29.8 Å². The first-order valence-corrected chi connectivity index (χ1v) is 9.76. The quantitative estimate of drug-likeness (QED) is 0.694. The Morgan fingerprint density at radius 1 is 1.11 bits per heavy atom. The van der Waals surface area contributed by atoms with Crippen molar-refractivity contribution in [3.63, 3.8) is 0 Å². The fourth-order valence-electron chi connectivity index (χ4n) is 3.31. The van der Waals surface area contributed by atoms with Gasteiger partial charge < -0.3 is 4.90 Å². The van der Waals surface area contributed by atoms with Gasteiger partial charge in [0, 0.05) is 37.6 Å². The van der Waals surface area contributed by atoms with Crippen LogP contribution in [-0.4, -0.2) is 48.8 Å². The summed E-state index contributed by atoms with van der Waals surface area (Å²) in [5, 5.41) is 1.13. The van der Waals surface area contributed by atoms with Gasteiger partial charge in [0.15, 0.2) is 0 Å². The minimum atomic E-state index is -0.0472. The van der Waals surface area contributed by atoms with Crippen molar-refractivity contribution < 1.29 is 4.79 Å². The van der Waals surface area contributed by atoms with E-state index in [1.165, 1.54) is 6.20 Å². The van der Waals surface area contributed by atoms with E-state index in [1.807, 2.05) is 24.8 Å². The number of carbonyl (C=O) groups excluding carboxylic acids is 1. The van der Waals surface area contributed by atoms with Crippen LogP contribution in [-0.2, 0) is 0 Å². The molecule has 0 unspecified atom stereocenters. The molecular formula is C19H20N6OS. The molecule has 1 saturated heterocycles. The number of rotatable bonds is 3. The number of hydrogen-bond acceptors (Lipinski definition) is 7. The van der Waals surface area contributed by atoms with E-state index >= 15 is 0 Å². The maximum Gasteiger partial charge on any atom is 0.274 e. The van der Waals surface area contributed by atoms with Gasteiger partial charge >= 0.3 is 0 Å². The lowest BCUT2D eigenvalue weighted by molar-refractivity contribution is 0.0706. The molecule has 138 valence electrons. The van der Waals surface area contributed by atoms with Crippen LogP contribution >= 0.6 is 11.3 Å². The third-order valence-electron chi connectivity index (χ3n) is 4.74. The molecule has 27 heavy (non-hydrogen) atoms. The third-order valence-corrected chi connectivity index (χ3v) is 6.08. The Kier molecular flexibility index (Phi) is 4.89. The third kappa shape index (κ3) is 3.71. The molecule has 0 radical (unpaired) electrons. The van der Waals surface area contributed by atoms with Gasteiger partial charge in [0.1, 0.15) is 11.5 Å². The van der Waals surface area contributed by atoms with E-state index in [2.05, 4.69) is 19.9 Å². The van der Waals surface area contributed by atoms with Crippen LogP contribution in [0.4, 0.5) is 0 Å². The van der Waals surface area contributed by atoms with Crippen molar-refractivity contribution in [2.24, 2.45) is 0 Å². The number of thiazole rings is 1. The van der Waals surface area contributed by atoms with Crippen LogP contribution in [0.15, 0.2) is 30.9 Å². The van der Waals surface area contributed by atoms with E-state index in [9.17, 15) is 4.79 Å². The van der Waals surface area contributed by atoms with E-state index in [1.54, 1.807) is 29.9 Å². The molecule has 1 amide bonds. The molecule has 3 aromatic heterocycles. The minimum absolute atomic E-state index is 0.0472. The molecule has 3 aromatic rings. The highest BCUT2D eigenvalue weighted by Crippen LogP contribution is 2.36. The average molecular weight is 380 g/mol. The van der Waals surface area contributed by atoms with Crippen LogP contribution in [0.2, 0.25) is 0 Å². The molecular weight excluding hydrogens is 360 g/mol.